The van der Waals surface area contributed by atoms with E-state index in [0.717, 1.165) is 26.1 Å². The highest BCUT2D eigenvalue weighted by Crippen LogP contribution is 2.17. The Kier molecular flexibility index (Phi) is 3.13. The molecule has 2 bridgehead atoms. The van der Waals surface area contributed by atoms with Gasteiger partial charge in [-0.1, -0.05) is 0 Å². The zero-order valence-corrected chi connectivity index (χ0v) is 7.14. The van der Waals surface area contributed by atoms with Gasteiger partial charge in [0.05, 0.1) is 19.3 Å². The topological polar surface area (TPSA) is 41.5 Å². The molecule has 0 aromatic heterocycles. The van der Waals surface area contributed by atoms with E-state index in [4.69, 9.17) is 4.74 Å². The molecule has 0 spiro atoms. The maximum absolute atomic E-state index is 9.32. The Morgan fingerprint density at radius 2 is 1.73 bits per heavy atom. The van der Waals surface area contributed by atoms with Crippen LogP contribution in [0.2, 0.25) is 0 Å². The summed E-state index contributed by atoms with van der Waals surface area (Å²) < 4.78 is 5.31. The van der Waals surface area contributed by atoms with Crippen LogP contribution in [0.4, 0.5) is 0 Å². The molecule has 3 nitrogen and oxygen atoms in total. The predicted octanol–water partition coefficient (Wildman–Crippen LogP) is -0.0801. The molecule has 0 unspecified atom stereocenters. The average Bonchev–Trinajstić information content (AvgIpc) is 1.85. The summed E-state index contributed by atoms with van der Waals surface area (Å²) in [7, 11) is 0. The van der Waals surface area contributed by atoms with E-state index in [1.54, 1.807) is 0 Å². The first-order valence-electron chi connectivity index (χ1n) is 3.86. The second kappa shape index (κ2) is 3.72. The third-order valence-electron chi connectivity index (χ3n) is 2.22. The molecule has 4 heteroatoms. The maximum Gasteiger partial charge on any atom is 0.0621 e. The van der Waals surface area contributed by atoms with Gasteiger partial charge < -0.3 is 15.2 Å². The van der Waals surface area contributed by atoms with E-state index in [0.29, 0.717) is 12.1 Å². The number of rotatable bonds is 0. The number of nitrogens with one attached hydrogen (secondary N) is 1. The van der Waals surface area contributed by atoms with E-state index >= 15 is 0 Å². The normalized spacial score (nSPS) is 42.8. The standard InChI is InChI=1S/C7H13NO2.ClH/c9-7-1-5-3-10-4-6(2-7)8-5;/h5-9H,1-4H2;1H/t5-,6+,7-;. The number of morpholine rings is 1. The van der Waals surface area contributed by atoms with Gasteiger partial charge in [-0.15, -0.1) is 12.4 Å². The van der Waals surface area contributed by atoms with Crippen LogP contribution in [0, 0.1) is 0 Å². The summed E-state index contributed by atoms with van der Waals surface area (Å²) in [6, 6.07) is 0.810. The highest BCUT2D eigenvalue weighted by Gasteiger charge is 2.30. The lowest BCUT2D eigenvalue weighted by Crippen LogP contribution is -2.55. The smallest absolute Gasteiger partial charge is 0.0621 e. The summed E-state index contributed by atoms with van der Waals surface area (Å²) in [5.74, 6) is 0. The van der Waals surface area contributed by atoms with Crippen molar-refractivity contribution in [1.82, 2.24) is 5.32 Å². The quantitative estimate of drug-likeness (QED) is 0.547. The first-order chi connectivity index (χ1) is 4.84. The van der Waals surface area contributed by atoms with Crippen molar-refractivity contribution in [2.45, 2.75) is 31.0 Å². The van der Waals surface area contributed by atoms with Crippen molar-refractivity contribution in [2.24, 2.45) is 0 Å². The van der Waals surface area contributed by atoms with E-state index in [2.05, 4.69) is 5.32 Å². The van der Waals surface area contributed by atoms with Crippen molar-refractivity contribution in [3.63, 3.8) is 0 Å². The highest BCUT2D eigenvalue weighted by atomic mass is 35.5. The van der Waals surface area contributed by atoms with Crippen molar-refractivity contribution >= 4 is 12.4 Å². The summed E-state index contributed by atoms with van der Waals surface area (Å²) in [5, 5.41) is 12.7. The SMILES string of the molecule is Cl.O[C@H]1C[C@H]2COC[C@@H](C1)N2. The van der Waals surface area contributed by atoms with Crippen molar-refractivity contribution in [3.05, 3.63) is 0 Å². The molecule has 2 saturated heterocycles. The van der Waals surface area contributed by atoms with Crippen molar-refractivity contribution in [1.29, 1.82) is 0 Å². The molecular formula is C7H14ClNO2. The van der Waals surface area contributed by atoms with Gasteiger partial charge in [-0.05, 0) is 12.8 Å². The van der Waals surface area contributed by atoms with E-state index < -0.39 is 0 Å². The van der Waals surface area contributed by atoms with Crippen LogP contribution < -0.4 is 5.32 Å². The number of hydrogen-bond acceptors (Lipinski definition) is 3. The molecule has 2 heterocycles. The Morgan fingerprint density at radius 3 is 2.27 bits per heavy atom. The highest BCUT2D eigenvalue weighted by molar-refractivity contribution is 5.85. The monoisotopic (exact) mass is 179 g/mol. The second-order valence-corrected chi connectivity index (χ2v) is 3.22. The molecule has 2 aliphatic heterocycles. The third kappa shape index (κ3) is 2.06. The minimum atomic E-state index is -0.0971. The van der Waals surface area contributed by atoms with E-state index in [1.165, 1.54) is 0 Å². The fourth-order valence-corrected chi connectivity index (χ4v) is 1.81. The first-order valence-corrected chi connectivity index (χ1v) is 3.86. The maximum atomic E-state index is 9.32. The lowest BCUT2D eigenvalue weighted by Gasteiger charge is -2.38. The van der Waals surface area contributed by atoms with E-state index in [-0.39, 0.29) is 18.5 Å². The van der Waals surface area contributed by atoms with Gasteiger partial charge in [0.15, 0.2) is 0 Å². The van der Waals surface area contributed by atoms with Gasteiger partial charge in [0.1, 0.15) is 0 Å². The van der Waals surface area contributed by atoms with Gasteiger partial charge in [0, 0.05) is 12.1 Å². The van der Waals surface area contributed by atoms with Gasteiger partial charge in [-0.25, -0.2) is 0 Å². The van der Waals surface area contributed by atoms with Crippen LogP contribution in [0.3, 0.4) is 0 Å². The number of fused-ring (bicyclic) bond motifs is 2. The van der Waals surface area contributed by atoms with Crippen LogP contribution in [0.1, 0.15) is 12.8 Å². The summed E-state index contributed by atoms with van der Waals surface area (Å²) in [6.07, 6.45) is 1.62. The minimum absolute atomic E-state index is 0. The molecular weight excluding hydrogens is 166 g/mol. The Morgan fingerprint density at radius 1 is 1.18 bits per heavy atom. The third-order valence-corrected chi connectivity index (χ3v) is 2.22. The summed E-state index contributed by atoms with van der Waals surface area (Å²) in [6.45, 7) is 1.54. The number of aliphatic hydroxyl groups excluding tert-OH is 1. The van der Waals surface area contributed by atoms with Gasteiger partial charge in [-0.3, -0.25) is 0 Å². The molecule has 3 atom stereocenters. The first kappa shape index (κ1) is 9.26. The van der Waals surface area contributed by atoms with E-state index in [1.807, 2.05) is 0 Å². The van der Waals surface area contributed by atoms with Gasteiger partial charge in [0.25, 0.3) is 0 Å². The number of aliphatic hydroxyl groups is 1. The lowest BCUT2D eigenvalue weighted by molar-refractivity contribution is -0.0193. The average molecular weight is 180 g/mol. The minimum Gasteiger partial charge on any atom is -0.393 e. The fraction of sp³-hybridized carbons (Fsp3) is 1.00. The predicted molar refractivity (Wildman–Crippen MR) is 44.0 cm³/mol. The number of piperidine rings is 1. The molecule has 2 aliphatic rings. The molecule has 0 aromatic rings. The lowest BCUT2D eigenvalue weighted by atomic mass is 9.95. The Labute approximate surface area is 72.5 Å². The molecule has 66 valence electrons. The fourth-order valence-electron chi connectivity index (χ4n) is 1.81. The molecule has 11 heavy (non-hydrogen) atoms. The summed E-state index contributed by atoms with van der Waals surface area (Å²) in [5.41, 5.74) is 0. The molecule has 0 radical (unpaired) electrons. The molecule has 2 N–H and O–H groups in total. The zero-order valence-electron chi connectivity index (χ0n) is 6.32. The van der Waals surface area contributed by atoms with Gasteiger partial charge in [-0.2, -0.15) is 0 Å². The Balaban J connectivity index is 0.000000605. The Bertz CT molecular complexity index is 118. The molecule has 0 aromatic carbocycles. The molecule has 2 fully saturated rings. The molecule has 0 amide bonds. The van der Waals surface area contributed by atoms with Crippen LogP contribution in [0.15, 0.2) is 0 Å². The second-order valence-electron chi connectivity index (χ2n) is 3.22. The number of ether oxygens (including phenoxy) is 1. The number of hydrogen-bond donors (Lipinski definition) is 2. The molecule has 0 aliphatic carbocycles. The van der Waals surface area contributed by atoms with Crippen molar-refractivity contribution in [3.8, 4) is 0 Å². The van der Waals surface area contributed by atoms with Crippen LogP contribution >= 0.6 is 12.4 Å². The van der Waals surface area contributed by atoms with Gasteiger partial charge in [0.2, 0.25) is 0 Å². The van der Waals surface area contributed by atoms with E-state index in [9.17, 15) is 5.11 Å². The summed E-state index contributed by atoms with van der Waals surface area (Å²) >= 11 is 0. The summed E-state index contributed by atoms with van der Waals surface area (Å²) in [4.78, 5) is 0. The van der Waals surface area contributed by atoms with Crippen LogP contribution in [0.25, 0.3) is 0 Å². The molecule has 0 saturated carbocycles. The van der Waals surface area contributed by atoms with Gasteiger partial charge >= 0.3 is 0 Å². The Hall–Kier alpha value is 0.170. The van der Waals surface area contributed by atoms with Crippen molar-refractivity contribution in [2.75, 3.05) is 13.2 Å². The van der Waals surface area contributed by atoms with Crippen LogP contribution in [0.5, 0.6) is 0 Å². The number of halogens is 1. The molecule has 2 rings (SSSR count). The van der Waals surface area contributed by atoms with Crippen molar-refractivity contribution < 1.29 is 9.84 Å². The van der Waals surface area contributed by atoms with Crippen LogP contribution in [-0.4, -0.2) is 36.5 Å². The zero-order chi connectivity index (χ0) is 6.97. The van der Waals surface area contributed by atoms with Crippen LogP contribution in [-0.2, 0) is 4.74 Å². The largest absolute Gasteiger partial charge is 0.393 e.